The molecule has 0 unspecified atom stereocenters. The Morgan fingerprint density at radius 1 is 1.33 bits per heavy atom. The Morgan fingerprint density at radius 2 is 2.00 bits per heavy atom. The summed E-state index contributed by atoms with van der Waals surface area (Å²) in [6.45, 7) is 0. The van der Waals surface area contributed by atoms with Crippen LogP contribution in [-0.4, -0.2) is 16.5 Å². The average molecular weight is 180 g/mol. The molecule has 12 heavy (non-hydrogen) atoms. The van der Waals surface area contributed by atoms with E-state index in [0.29, 0.717) is 16.9 Å². The molecule has 1 aromatic carbocycles. The molecule has 0 radical (unpaired) electrons. The van der Waals surface area contributed by atoms with Crippen LogP contribution in [0.2, 0.25) is 0 Å². The highest BCUT2D eigenvalue weighted by Crippen LogP contribution is 2.02. The number of carbonyl (C=O) groups excluding carboxylic acids is 1. The normalized spacial score (nSPS) is 9.67. The van der Waals surface area contributed by atoms with Gasteiger partial charge in [-0.15, -0.1) is 0 Å². The summed E-state index contributed by atoms with van der Waals surface area (Å²) in [5.41, 5.74) is 1.18. The monoisotopic (exact) mass is 180 g/mol. The molecular formula is C9H12O2Si. The Labute approximate surface area is 75.1 Å². The molecule has 0 heterocycles. The minimum Gasteiger partial charge on any atom is -0.529 e. The summed E-state index contributed by atoms with van der Waals surface area (Å²) in [5, 5.41) is 0. The maximum absolute atomic E-state index is 10.8. The lowest BCUT2D eigenvalue weighted by molar-refractivity contribution is -0.133. The van der Waals surface area contributed by atoms with Crippen LogP contribution in [0, 0.1) is 0 Å². The number of hydrogen-bond donors (Lipinski definition) is 0. The molecule has 0 amide bonds. The number of rotatable bonds is 3. The SMILES string of the molecule is O=C(CCc1ccccc1)O[SiH3]. The Balaban J connectivity index is 2.38. The van der Waals surface area contributed by atoms with Gasteiger partial charge in [-0.1, -0.05) is 30.3 Å². The van der Waals surface area contributed by atoms with Gasteiger partial charge in [-0.3, -0.25) is 4.79 Å². The third-order valence-corrected chi connectivity index (χ3v) is 2.14. The summed E-state index contributed by atoms with van der Waals surface area (Å²) in [6, 6.07) is 9.94. The highest BCUT2D eigenvalue weighted by molar-refractivity contribution is 6.05. The van der Waals surface area contributed by atoms with E-state index in [1.54, 1.807) is 0 Å². The second kappa shape index (κ2) is 4.72. The average Bonchev–Trinajstić information content (AvgIpc) is 2.16. The first-order chi connectivity index (χ1) is 5.83. The molecule has 0 aliphatic carbocycles. The minimum absolute atomic E-state index is 0.0921. The van der Waals surface area contributed by atoms with Gasteiger partial charge >= 0.3 is 0 Å². The first kappa shape index (κ1) is 9.00. The zero-order valence-electron chi connectivity index (χ0n) is 7.12. The molecule has 0 saturated heterocycles. The van der Waals surface area contributed by atoms with Crippen LogP contribution in [0.15, 0.2) is 30.3 Å². The lowest BCUT2D eigenvalue weighted by Gasteiger charge is -1.99. The molecule has 1 aromatic rings. The number of hydrogen-bond acceptors (Lipinski definition) is 2. The Morgan fingerprint density at radius 3 is 2.58 bits per heavy atom. The van der Waals surface area contributed by atoms with Crippen LogP contribution in [0.5, 0.6) is 0 Å². The first-order valence-electron chi connectivity index (χ1n) is 3.93. The third kappa shape index (κ3) is 2.88. The van der Waals surface area contributed by atoms with E-state index in [4.69, 9.17) is 0 Å². The molecule has 0 atom stereocenters. The molecule has 3 heteroatoms. The Bertz CT molecular complexity index is 246. The molecule has 0 aromatic heterocycles. The molecular weight excluding hydrogens is 168 g/mol. The topological polar surface area (TPSA) is 26.3 Å². The van der Waals surface area contributed by atoms with Gasteiger partial charge in [-0.25, -0.2) is 0 Å². The predicted molar refractivity (Wildman–Crippen MR) is 50.8 cm³/mol. The van der Waals surface area contributed by atoms with Crippen molar-refractivity contribution in [3.05, 3.63) is 35.9 Å². The van der Waals surface area contributed by atoms with Gasteiger partial charge in [0.25, 0.3) is 5.97 Å². The van der Waals surface area contributed by atoms with Gasteiger partial charge in [-0.05, 0) is 12.0 Å². The molecule has 0 spiro atoms. The van der Waals surface area contributed by atoms with Crippen molar-refractivity contribution in [2.75, 3.05) is 0 Å². The maximum atomic E-state index is 10.8. The van der Waals surface area contributed by atoms with E-state index in [9.17, 15) is 4.79 Å². The maximum Gasteiger partial charge on any atom is 0.292 e. The second-order valence-corrected chi connectivity index (χ2v) is 2.97. The molecule has 0 fully saturated rings. The fourth-order valence-corrected chi connectivity index (χ4v) is 1.20. The van der Waals surface area contributed by atoms with E-state index in [-0.39, 0.29) is 5.97 Å². The van der Waals surface area contributed by atoms with Crippen molar-refractivity contribution in [3.63, 3.8) is 0 Å². The first-order valence-corrected chi connectivity index (χ1v) is 4.75. The van der Waals surface area contributed by atoms with Crippen LogP contribution < -0.4 is 0 Å². The summed E-state index contributed by atoms with van der Waals surface area (Å²) in [5.74, 6) is -0.0921. The van der Waals surface area contributed by atoms with Crippen molar-refractivity contribution in [1.29, 1.82) is 0 Å². The van der Waals surface area contributed by atoms with Crippen molar-refractivity contribution in [2.24, 2.45) is 0 Å². The van der Waals surface area contributed by atoms with E-state index >= 15 is 0 Å². The summed E-state index contributed by atoms with van der Waals surface area (Å²) < 4.78 is 4.67. The van der Waals surface area contributed by atoms with Crippen molar-refractivity contribution in [1.82, 2.24) is 0 Å². The molecule has 1 rings (SSSR count). The van der Waals surface area contributed by atoms with Gasteiger partial charge in [0, 0.05) is 6.42 Å². The molecule has 0 N–H and O–H groups in total. The van der Waals surface area contributed by atoms with Crippen molar-refractivity contribution in [2.45, 2.75) is 12.8 Å². The highest BCUT2D eigenvalue weighted by Gasteiger charge is 1.98. The quantitative estimate of drug-likeness (QED) is 0.631. The molecule has 2 nitrogen and oxygen atoms in total. The fourth-order valence-electron chi connectivity index (χ4n) is 0.993. The minimum atomic E-state index is -0.0921. The van der Waals surface area contributed by atoms with Crippen LogP contribution >= 0.6 is 0 Å². The summed E-state index contributed by atoms with van der Waals surface area (Å²) in [6.07, 6.45) is 1.27. The van der Waals surface area contributed by atoms with Crippen molar-refractivity contribution in [3.8, 4) is 0 Å². The molecule has 0 aliphatic heterocycles. The van der Waals surface area contributed by atoms with Gasteiger partial charge < -0.3 is 4.43 Å². The largest absolute Gasteiger partial charge is 0.529 e. The summed E-state index contributed by atoms with van der Waals surface area (Å²) >= 11 is 0. The molecule has 64 valence electrons. The smallest absolute Gasteiger partial charge is 0.292 e. The van der Waals surface area contributed by atoms with Gasteiger partial charge in [0.15, 0.2) is 0 Å². The standard InChI is InChI=1S/C9H12O2Si/c10-9(11-12)7-6-8-4-2-1-3-5-8/h1-5H,6-7H2,12H3. The molecule has 0 aliphatic rings. The van der Waals surface area contributed by atoms with Crippen LogP contribution in [0.4, 0.5) is 0 Å². The lowest BCUT2D eigenvalue weighted by Crippen LogP contribution is -2.02. The van der Waals surface area contributed by atoms with Crippen molar-refractivity contribution < 1.29 is 9.22 Å². The highest BCUT2D eigenvalue weighted by atomic mass is 28.2. The van der Waals surface area contributed by atoms with E-state index in [0.717, 1.165) is 6.42 Å². The van der Waals surface area contributed by atoms with E-state index in [1.165, 1.54) is 5.56 Å². The van der Waals surface area contributed by atoms with Crippen LogP contribution in [0.1, 0.15) is 12.0 Å². The summed E-state index contributed by atoms with van der Waals surface area (Å²) in [7, 11) is 0.500. The zero-order chi connectivity index (χ0) is 8.81. The molecule has 0 saturated carbocycles. The fraction of sp³-hybridized carbons (Fsp3) is 0.222. The number of carbonyl (C=O) groups is 1. The predicted octanol–water partition coefficient (Wildman–Crippen LogP) is 0.443. The number of aryl methyl sites for hydroxylation is 1. The van der Waals surface area contributed by atoms with Gasteiger partial charge in [-0.2, -0.15) is 0 Å². The van der Waals surface area contributed by atoms with Crippen LogP contribution in [-0.2, 0) is 15.6 Å². The Hall–Kier alpha value is -1.09. The number of benzene rings is 1. The van der Waals surface area contributed by atoms with E-state index in [1.807, 2.05) is 30.3 Å². The van der Waals surface area contributed by atoms with Crippen LogP contribution in [0.3, 0.4) is 0 Å². The lowest BCUT2D eigenvalue weighted by atomic mass is 10.1. The van der Waals surface area contributed by atoms with E-state index in [2.05, 4.69) is 4.43 Å². The molecule has 0 bridgehead atoms. The van der Waals surface area contributed by atoms with Gasteiger partial charge in [0.05, 0.1) is 0 Å². The van der Waals surface area contributed by atoms with Crippen molar-refractivity contribution >= 4 is 16.5 Å². The van der Waals surface area contributed by atoms with E-state index < -0.39 is 0 Å². The van der Waals surface area contributed by atoms with Gasteiger partial charge in [0.2, 0.25) is 10.5 Å². The second-order valence-electron chi connectivity index (χ2n) is 2.56. The third-order valence-electron chi connectivity index (χ3n) is 1.69. The summed E-state index contributed by atoms with van der Waals surface area (Å²) in [4.78, 5) is 10.8. The zero-order valence-corrected chi connectivity index (χ0v) is 9.12. The van der Waals surface area contributed by atoms with Crippen LogP contribution in [0.25, 0.3) is 0 Å². The Kier molecular flexibility index (Phi) is 3.54. The van der Waals surface area contributed by atoms with Gasteiger partial charge in [0.1, 0.15) is 0 Å².